The second kappa shape index (κ2) is 6.71. The van der Waals surface area contributed by atoms with E-state index < -0.39 is 5.97 Å². The van der Waals surface area contributed by atoms with Crippen molar-refractivity contribution >= 4 is 35.1 Å². The maximum Gasteiger partial charge on any atom is 0.337 e. The smallest absolute Gasteiger partial charge is 0.337 e. The minimum atomic E-state index is -1.04. The lowest BCUT2D eigenvalue weighted by atomic mass is 10.2. The molecule has 0 aromatic carbocycles. The molecule has 17 heavy (non-hydrogen) atoms. The van der Waals surface area contributed by atoms with Gasteiger partial charge < -0.3 is 10.4 Å². The average Bonchev–Trinajstić information content (AvgIpc) is 2.27. The highest BCUT2D eigenvalue weighted by atomic mass is 35.5. The number of carboxylic acid groups (broad SMARTS) is 1. The number of hydrogen-bond acceptors (Lipinski definition) is 4. The maximum absolute atomic E-state index is 10.9. The number of nitrogens with one attached hydrogen (secondary N) is 1. The Labute approximate surface area is 110 Å². The normalized spacial score (nSPS) is 12.2. The molecule has 0 aliphatic carbocycles. The van der Waals surface area contributed by atoms with Gasteiger partial charge in [-0.3, -0.25) is 0 Å². The third-order valence-corrected chi connectivity index (χ3v) is 3.47. The summed E-state index contributed by atoms with van der Waals surface area (Å²) >= 11 is 7.72. The van der Waals surface area contributed by atoms with Crippen molar-refractivity contribution in [2.45, 2.75) is 6.92 Å². The lowest BCUT2D eigenvalue weighted by Gasteiger charge is -2.13. The van der Waals surface area contributed by atoms with Gasteiger partial charge in [-0.25, -0.2) is 9.78 Å². The van der Waals surface area contributed by atoms with Gasteiger partial charge in [0.2, 0.25) is 0 Å². The number of aromatic carboxylic acids is 1. The minimum absolute atomic E-state index is 0.0710. The number of nitrogens with zero attached hydrogens (tertiary/aromatic N) is 1. The number of anilines is 1. The van der Waals surface area contributed by atoms with Crippen molar-refractivity contribution < 1.29 is 9.90 Å². The SMILES string of the molecule is CSCC(C)CNc1nccc(C(=O)O)c1Cl. The van der Waals surface area contributed by atoms with Gasteiger partial charge in [0.1, 0.15) is 5.82 Å². The molecular formula is C11H15ClN2O2S. The summed E-state index contributed by atoms with van der Waals surface area (Å²) in [5.74, 6) is 0.886. The zero-order valence-corrected chi connectivity index (χ0v) is 11.3. The van der Waals surface area contributed by atoms with Crippen LogP contribution in [0.5, 0.6) is 0 Å². The van der Waals surface area contributed by atoms with Crippen LogP contribution in [0.1, 0.15) is 17.3 Å². The van der Waals surface area contributed by atoms with E-state index >= 15 is 0 Å². The molecule has 1 aromatic heterocycles. The fourth-order valence-electron chi connectivity index (χ4n) is 1.35. The molecule has 1 heterocycles. The number of carboxylic acids is 1. The highest BCUT2D eigenvalue weighted by Crippen LogP contribution is 2.23. The lowest BCUT2D eigenvalue weighted by Crippen LogP contribution is -2.15. The topological polar surface area (TPSA) is 62.2 Å². The average molecular weight is 275 g/mol. The number of aromatic nitrogens is 1. The highest BCUT2D eigenvalue weighted by Gasteiger charge is 2.13. The van der Waals surface area contributed by atoms with Crippen LogP contribution in [0.4, 0.5) is 5.82 Å². The Hall–Kier alpha value is -0.940. The molecule has 1 unspecified atom stereocenters. The van der Waals surface area contributed by atoms with Gasteiger partial charge in [0.05, 0.1) is 10.6 Å². The number of pyridine rings is 1. The zero-order valence-electron chi connectivity index (χ0n) is 9.74. The number of halogens is 1. The summed E-state index contributed by atoms with van der Waals surface area (Å²) in [6.45, 7) is 2.83. The van der Waals surface area contributed by atoms with E-state index in [1.165, 1.54) is 12.3 Å². The van der Waals surface area contributed by atoms with Crippen LogP contribution in [-0.4, -0.2) is 34.6 Å². The Morgan fingerprint density at radius 2 is 2.41 bits per heavy atom. The zero-order chi connectivity index (χ0) is 12.8. The molecule has 0 saturated heterocycles. The Bertz CT molecular complexity index is 401. The molecule has 0 bridgehead atoms. The van der Waals surface area contributed by atoms with Gasteiger partial charge in [0.15, 0.2) is 0 Å². The molecule has 94 valence electrons. The molecule has 0 spiro atoms. The molecule has 6 heteroatoms. The monoisotopic (exact) mass is 274 g/mol. The Kier molecular flexibility index (Phi) is 5.58. The number of rotatable bonds is 6. The summed E-state index contributed by atoms with van der Waals surface area (Å²) < 4.78 is 0. The Balaban J connectivity index is 2.72. The largest absolute Gasteiger partial charge is 0.478 e. The summed E-state index contributed by atoms with van der Waals surface area (Å²) in [7, 11) is 0. The first-order valence-electron chi connectivity index (χ1n) is 5.16. The molecule has 1 atom stereocenters. The number of thioether (sulfide) groups is 1. The van der Waals surface area contributed by atoms with Gasteiger partial charge in [-0.2, -0.15) is 11.8 Å². The van der Waals surface area contributed by atoms with E-state index in [0.717, 1.165) is 12.3 Å². The summed E-state index contributed by atoms with van der Waals surface area (Å²) in [6, 6.07) is 1.39. The Morgan fingerprint density at radius 3 is 3.00 bits per heavy atom. The van der Waals surface area contributed by atoms with Crippen LogP contribution < -0.4 is 5.32 Å². The second-order valence-corrected chi connectivity index (χ2v) is 5.06. The van der Waals surface area contributed by atoms with E-state index in [9.17, 15) is 4.79 Å². The van der Waals surface area contributed by atoms with Crippen molar-refractivity contribution in [3.05, 3.63) is 22.8 Å². The van der Waals surface area contributed by atoms with Crippen molar-refractivity contribution in [2.24, 2.45) is 5.92 Å². The first-order valence-corrected chi connectivity index (χ1v) is 6.94. The van der Waals surface area contributed by atoms with Crippen LogP contribution in [-0.2, 0) is 0 Å². The third-order valence-electron chi connectivity index (χ3n) is 2.19. The van der Waals surface area contributed by atoms with Gasteiger partial charge in [-0.05, 0) is 24.0 Å². The quantitative estimate of drug-likeness (QED) is 0.835. The van der Waals surface area contributed by atoms with Gasteiger partial charge in [0, 0.05) is 12.7 Å². The van der Waals surface area contributed by atoms with Gasteiger partial charge in [0.25, 0.3) is 0 Å². The predicted molar refractivity (Wildman–Crippen MR) is 72.2 cm³/mol. The maximum atomic E-state index is 10.9. The standard InChI is InChI=1S/C11H15ClN2O2S/c1-7(6-17-2)5-14-10-9(12)8(11(15)16)3-4-13-10/h3-4,7H,5-6H2,1-2H3,(H,13,14)(H,15,16). The first-order chi connectivity index (χ1) is 8.06. The minimum Gasteiger partial charge on any atom is -0.478 e. The molecule has 4 nitrogen and oxygen atoms in total. The van der Waals surface area contributed by atoms with Crippen LogP contribution in [0.3, 0.4) is 0 Å². The fraction of sp³-hybridized carbons (Fsp3) is 0.455. The van der Waals surface area contributed by atoms with Gasteiger partial charge >= 0.3 is 5.97 Å². The van der Waals surface area contributed by atoms with E-state index in [0.29, 0.717) is 11.7 Å². The summed E-state index contributed by atoms with van der Waals surface area (Å²) in [5, 5.41) is 12.1. The molecule has 0 radical (unpaired) electrons. The van der Waals surface area contributed by atoms with E-state index in [1.54, 1.807) is 11.8 Å². The van der Waals surface area contributed by atoms with Crippen molar-refractivity contribution in [1.82, 2.24) is 4.98 Å². The molecule has 0 fully saturated rings. The van der Waals surface area contributed by atoms with E-state index in [1.807, 2.05) is 6.26 Å². The van der Waals surface area contributed by atoms with E-state index in [-0.39, 0.29) is 10.6 Å². The lowest BCUT2D eigenvalue weighted by molar-refractivity contribution is 0.0697. The van der Waals surface area contributed by atoms with Gasteiger partial charge in [-0.1, -0.05) is 18.5 Å². The van der Waals surface area contributed by atoms with Gasteiger partial charge in [-0.15, -0.1) is 0 Å². The summed E-state index contributed by atoms with van der Waals surface area (Å²) in [4.78, 5) is 14.9. The molecule has 1 rings (SSSR count). The van der Waals surface area contributed by atoms with Crippen LogP contribution in [0, 0.1) is 5.92 Å². The van der Waals surface area contributed by atoms with Crippen molar-refractivity contribution in [3.63, 3.8) is 0 Å². The van der Waals surface area contributed by atoms with E-state index in [4.69, 9.17) is 16.7 Å². The molecule has 0 aliphatic heterocycles. The molecule has 2 N–H and O–H groups in total. The number of carbonyl (C=O) groups is 1. The predicted octanol–water partition coefficient (Wildman–Crippen LogP) is 2.84. The highest BCUT2D eigenvalue weighted by molar-refractivity contribution is 7.98. The second-order valence-electron chi connectivity index (χ2n) is 3.77. The van der Waals surface area contributed by atoms with E-state index in [2.05, 4.69) is 17.2 Å². The van der Waals surface area contributed by atoms with Crippen molar-refractivity contribution in [2.75, 3.05) is 23.9 Å². The van der Waals surface area contributed by atoms with Crippen molar-refractivity contribution in [1.29, 1.82) is 0 Å². The molecule has 1 aromatic rings. The Morgan fingerprint density at radius 1 is 1.71 bits per heavy atom. The van der Waals surface area contributed by atoms with Crippen molar-refractivity contribution in [3.8, 4) is 0 Å². The summed E-state index contributed by atoms with van der Waals surface area (Å²) in [6.07, 6.45) is 3.49. The molecular weight excluding hydrogens is 260 g/mol. The first kappa shape index (κ1) is 14.1. The van der Waals surface area contributed by atoms with Crippen LogP contribution in [0.25, 0.3) is 0 Å². The third kappa shape index (κ3) is 4.09. The number of hydrogen-bond donors (Lipinski definition) is 2. The molecule has 0 amide bonds. The summed E-state index contributed by atoms with van der Waals surface area (Å²) in [5.41, 5.74) is 0.0710. The molecule has 0 saturated carbocycles. The fourth-order valence-corrected chi connectivity index (χ4v) is 2.29. The molecule has 0 aliphatic rings. The van der Waals surface area contributed by atoms with Crippen LogP contribution in [0.15, 0.2) is 12.3 Å². The van der Waals surface area contributed by atoms with Crippen LogP contribution in [0.2, 0.25) is 5.02 Å². The van der Waals surface area contributed by atoms with Crippen LogP contribution >= 0.6 is 23.4 Å².